The van der Waals surface area contributed by atoms with Gasteiger partial charge in [0.2, 0.25) is 0 Å². The van der Waals surface area contributed by atoms with Gasteiger partial charge in [-0.15, -0.1) is 13.2 Å². The topological polar surface area (TPSA) is 9.23 Å². The van der Waals surface area contributed by atoms with Crippen LogP contribution in [0.25, 0.3) is 11.1 Å². The summed E-state index contributed by atoms with van der Waals surface area (Å²) in [5, 5.41) is 0. The molecule has 0 aliphatic heterocycles. The minimum Gasteiger partial charge on any atom is -0.406 e. The average molecular weight is 503 g/mol. The number of hydrogen-bond donors (Lipinski definition) is 0. The number of allylic oxidation sites excluding steroid dienone is 2. The lowest BCUT2D eigenvalue weighted by Crippen LogP contribution is -2.16. The fraction of sp³-hybridized carbons (Fsp3) is 0.548. The summed E-state index contributed by atoms with van der Waals surface area (Å²) >= 11 is 0. The minimum absolute atomic E-state index is 0.308. The molecule has 2 aliphatic carbocycles. The first-order chi connectivity index (χ1) is 17.3. The third-order valence-electron chi connectivity index (χ3n) is 8.02. The zero-order valence-corrected chi connectivity index (χ0v) is 21.3. The van der Waals surface area contributed by atoms with Crippen LogP contribution in [0, 0.1) is 17.7 Å². The highest BCUT2D eigenvalue weighted by atomic mass is 19.4. The highest BCUT2D eigenvalue weighted by Gasteiger charge is 2.31. The van der Waals surface area contributed by atoms with Crippen molar-refractivity contribution in [3.05, 3.63) is 65.0 Å². The van der Waals surface area contributed by atoms with E-state index in [0.717, 1.165) is 42.2 Å². The molecule has 2 aliphatic rings. The van der Waals surface area contributed by atoms with Crippen molar-refractivity contribution in [1.82, 2.24) is 0 Å². The van der Waals surface area contributed by atoms with E-state index in [1.807, 2.05) is 6.07 Å². The summed E-state index contributed by atoms with van der Waals surface area (Å²) in [6.45, 7) is 2.27. The molecule has 0 heterocycles. The van der Waals surface area contributed by atoms with E-state index in [1.165, 1.54) is 94.0 Å². The first kappa shape index (κ1) is 26.8. The van der Waals surface area contributed by atoms with Gasteiger partial charge < -0.3 is 4.74 Å². The number of ether oxygens (including phenoxy) is 1. The smallest absolute Gasteiger partial charge is 0.406 e. The molecule has 0 aromatic heterocycles. The summed E-state index contributed by atoms with van der Waals surface area (Å²) in [7, 11) is 0. The molecule has 0 spiro atoms. The zero-order chi connectivity index (χ0) is 25.5. The Hall–Kier alpha value is -2.30. The molecule has 1 saturated carbocycles. The summed E-state index contributed by atoms with van der Waals surface area (Å²) in [6, 6.07) is 8.84. The predicted molar refractivity (Wildman–Crippen MR) is 137 cm³/mol. The van der Waals surface area contributed by atoms with Crippen molar-refractivity contribution >= 4 is 0 Å². The maximum absolute atomic E-state index is 15.0. The van der Waals surface area contributed by atoms with Crippen LogP contribution in [0.3, 0.4) is 0 Å². The van der Waals surface area contributed by atoms with E-state index in [-0.39, 0.29) is 11.6 Å². The van der Waals surface area contributed by atoms with Crippen molar-refractivity contribution in [3.8, 4) is 16.9 Å². The molecule has 2 aromatic rings. The second kappa shape index (κ2) is 12.3. The predicted octanol–water partition coefficient (Wildman–Crippen LogP) is 9.97. The van der Waals surface area contributed by atoms with Gasteiger partial charge in [-0.25, -0.2) is 4.39 Å². The standard InChI is InChI=1S/C31H38F4O/c1-2-3-4-5-6-22-7-9-23(10-8-22)11-12-24-13-14-26-20-29(30(32)21-27(26)19-24)25-15-17-28(18-16-25)36-31(33,34)35/h13,15-18,20-23H,2-12,14,19H2,1H3. The van der Waals surface area contributed by atoms with Crippen molar-refractivity contribution < 1.29 is 22.3 Å². The molecule has 0 amide bonds. The highest BCUT2D eigenvalue weighted by Crippen LogP contribution is 2.37. The van der Waals surface area contributed by atoms with Crippen molar-refractivity contribution in [2.45, 2.75) is 96.8 Å². The van der Waals surface area contributed by atoms with Crippen LogP contribution in [0.5, 0.6) is 5.75 Å². The quantitative estimate of drug-likeness (QED) is 0.178. The summed E-state index contributed by atoms with van der Waals surface area (Å²) in [5.41, 5.74) is 4.48. The van der Waals surface area contributed by atoms with E-state index in [4.69, 9.17) is 0 Å². The summed E-state index contributed by atoms with van der Waals surface area (Å²) in [4.78, 5) is 0. The second-order valence-corrected chi connectivity index (χ2v) is 10.7. The monoisotopic (exact) mass is 502 g/mol. The largest absolute Gasteiger partial charge is 0.573 e. The first-order valence-corrected chi connectivity index (χ1v) is 13.7. The van der Waals surface area contributed by atoms with Crippen molar-refractivity contribution in [2.24, 2.45) is 11.8 Å². The SMILES string of the molecule is CCCCCCC1CCC(CCC2=CCc3cc(-c4ccc(OC(F)(F)F)cc4)c(F)cc3C2)CC1. The number of rotatable bonds is 10. The van der Waals surface area contributed by atoms with Crippen LogP contribution in [0.1, 0.15) is 88.7 Å². The summed E-state index contributed by atoms with van der Waals surface area (Å²) in [6.07, 6.45) is 13.8. The van der Waals surface area contributed by atoms with Crippen molar-refractivity contribution in [3.63, 3.8) is 0 Å². The molecule has 1 fully saturated rings. The number of benzene rings is 2. The van der Waals surface area contributed by atoms with E-state index in [9.17, 15) is 17.6 Å². The Morgan fingerprint density at radius 2 is 1.56 bits per heavy atom. The van der Waals surface area contributed by atoms with Gasteiger partial charge in [-0.2, -0.15) is 0 Å². The van der Waals surface area contributed by atoms with Crippen LogP contribution >= 0.6 is 0 Å². The van der Waals surface area contributed by atoms with Crippen molar-refractivity contribution in [1.29, 1.82) is 0 Å². The number of fused-ring (bicyclic) bond motifs is 1. The van der Waals surface area contributed by atoms with Crippen LogP contribution in [-0.4, -0.2) is 6.36 Å². The third-order valence-corrected chi connectivity index (χ3v) is 8.02. The summed E-state index contributed by atoms with van der Waals surface area (Å²) < 4.78 is 56.1. The van der Waals surface area contributed by atoms with Crippen LogP contribution < -0.4 is 4.74 Å². The van der Waals surface area contributed by atoms with Gasteiger partial charge in [-0.3, -0.25) is 0 Å². The molecule has 0 radical (unpaired) electrons. The highest BCUT2D eigenvalue weighted by molar-refractivity contribution is 5.67. The molecular weight excluding hydrogens is 464 g/mol. The second-order valence-electron chi connectivity index (χ2n) is 10.7. The van der Waals surface area contributed by atoms with Gasteiger partial charge in [0.15, 0.2) is 0 Å². The summed E-state index contributed by atoms with van der Waals surface area (Å²) in [5.74, 6) is 1.11. The van der Waals surface area contributed by atoms with Crippen LogP contribution in [0.4, 0.5) is 17.6 Å². The molecule has 0 N–H and O–H groups in total. The van der Waals surface area contributed by atoms with E-state index in [2.05, 4.69) is 17.7 Å². The van der Waals surface area contributed by atoms with Gasteiger partial charge >= 0.3 is 6.36 Å². The fourth-order valence-corrected chi connectivity index (χ4v) is 5.89. The van der Waals surface area contributed by atoms with E-state index < -0.39 is 6.36 Å². The number of hydrogen-bond acceptors (Lipinski definition) is 1. The van der Waals surface area contributed by atoms with E-state index >= 15 is 0 Å². The number of halogens is 4. The minimum atomic E-state index is -4.74. The Morgan fingerprint density at radius 3 is 2.22 bits per heavy atom. The van der Waals surface area contributed by atoms with Gasteiger partial charge in [-0.1, -0.05) is 88.5 Å². The molecule has 4 rings (SSSR count). The Morgan fingerprint density at radius 1 is 0.861 bits per heavy atom. The maximum atomic E-state index is 15.0. The Bertz CT molecular complexity index is 1010. The Balaban J connectivity index is 1.28. The molecule has 0 unspecified atom stereocenters. The lowest BCUT2D eigenvalue weighted by Gasteiger charge is -2.29. The average Bonchev–Trinajstić information content (AvgIpc) is 2.85. The molecule has 0 saturated heterocycles. The molecule has 2 aromatic carbocycles. The zero-order valence-electron chi connectivity index (χ0n) is 21.3. The fourth-order valence-electron chi connectivity index (χ4n) is 5.89. The van der Waals surface area contributed by atoms with Gasteiger partial charge in [0, 0.05) is 5.56 Å². The molecule has 5 heteroatoms. The molecule has 1 nitrogen and oxygen atoms in total. The van der Waals surface area contributed by atoms with E-state index in [0.29, 0.717) is 11.1 Å². The van der Waals surface area contributed by atoms with Gasteiger partial charge in [0.05, 0.1) is 0 Å². The maximum Gasteiger partial charge on any atom is 0.573 e. The Kier molecular flexibility index (Phi) is 9.14. The molecule has 36 heavy (non-hydrogen) atoms. The van der Waals surface area contributed by atoms with Crippen LogP contribution in [0.15, 0.2) is 48.0 Å². The molecular formula is C31H38F4O. The first-order valence-electron chi connectivity index (χ1n) is 13.7. The normalized spacial score (nSPS) is 20.1. The van der Waals surface area contributed by atoms with Gasteiger partial charge in [0.25, 0.3) is 0 Å². The number of unbranched alkanes of at least 4 members (excludes halogenated alkanes) is 3. The Labute approximate surface area is 212 Å². The molecule has 0 bridgehead atoms. The molecule has 196 valence electrons. The van der Waals surface area contributed by atoms with Crippen molar-refractivity contribution in [2.75, 3.05) is 0 Å². The van der Waals surface area contributed by atoms with Crippen LogP contribution in [-0.2, 0) is 12.8 Å². The lowest BCUT2D eigenvalue weighted by molar-refractivity contribution is -0.274. The number of alkyl halides is 3. The third kappa shape index (κ3) is 7.60. The van der Waals surface area contributed by atoms with Gasteiger partial charge in [0.1, 0.15) is 11.6 Å². The van der Waals surface area contributed by atoms with Gasteiger partial charge in [-0.05, 0) is 78.5 Å². The lowest BCUT2D eigenvalue weighted by atomic mass is 9.77. The van der Waals surface area contributed by atoms with E-state index in [1.54, 1.807) is 6.07 Å². The molecule has 0 atom stereocenters. The van der Waals surface area contributed by atoms with Crippen LogP contribution in [0.2, 0.25) is 0 Å².